The fourth-order valence-electron chi connectivity index (χ4n) is 6.24. The van der Waals surface area contributed by atoms with Crippen LogP contribution in [0.15, 0.2) is 48.5 Å². The van der Waals surface area contributed by atoms with Gasteiger partial charge >= 0.3 is 0 Å². The number of para-hydroxylation sites is 1. The molecule has 0 amide bonds. The lowest BCUT2D eigenvalue weighted by Gasteiger charge is -2.43. The van der Waals surface area contributed by atoms with Crippen LogP contribution in [0.2, 0.25) is 0 Å². The van der Waals surface area contributed by atoms with Crippen LogP contribution in [0.3, 0.4) is 0 Å². The number of thioether (sulfide) groups is 1. The van der Waals surface area contributed by atoms with Gasteiger partial charge in [-0.3, -0.25) is 10.7 Å². The predicted molar refractivity (Wildman–Crippen MR) is 146 cm³/mol. The molecule has 6 nitrogen and oxygen atoms in total. The summed E-state index contributed by atoms with van der Waals surface area (Å²) in [5.41, 5.74) is 3.48. The smallest absolute Gasteiger partial charge is 0.135 e. The summed E-state index contributed by atoms with van der Waals surface area (Å²) in [6, 6.07) is 17.5. The molecule has 0 radical (unpaired) electrons. The van der Waals surface area contributed by atoms with Crippen molar-refractivity contribution in [2.24, 2.45) is 5.84 Å². The molecule has 7 heteroatoms. The standard InChI is InChI=1S/C28H37N5OS/c1-20(32-13-7-8-14-32)28(33(29)15-16-35-28)26-18-21-17-24(34-23-11-3-2-4-12-23)19-25(27(21)31-26)30-22-9-5-6-10-22/h2-4,11-12,17-20,22,30-31H,5-10,13-16,29H2,1H3/t20-,28+/m0/s1. The Morgan fingerprint density at radius 3 is 2.51 bits per heavy atom. The minimum atomic E-state index is -0.283. The van der Waals surface area contributed by atoms with Gasteiger partial charge in [0.1, 0.15) is 16.4 Å². The molecule has 1 saturated carbocycles. The fourth-order valence-corrected chi connectivity index (χ4v) is 7.75. The zero-order valence-electron chi connectivity index (χ0n) is 20.6. The van der Waals surface area contributed by atoms with Crippen molar-refractivity contribution in [2.45, 2.75) is 62.4 Å². The molecule has 2 atom stereocenters. The van der Waals surface area contributed by atoms with Gasteiger partial charge in [-0.25, -0.2) is 5.01 Å². The Bertz CT molecular complexity index is 1150. The first kappa shape index (κ1) is 23.2. The number of hydrogen-bond donors (Lipinski definition) is 3. The summed E-state index contributed by atoms with van der Waals surface area (Å²) in [6.07, 6.45) is 7.59. The van der Waals surface area contributed by atoms with E-state index in [1.54, 1.807) is 0 Å². The molecule has 3 aromatic rings. The third-order valence-corrected chi connectivity index (χ3v) is 9.74. The molecule has 4 N–H and O–H groups in total. The van der Waals surface area contributed by atoms with Crippen molar-refractivity contribution < 1.29 is 4.74 Å². The lowest BCUT2D eigenvalue weighted by Crippen LogP contribution is -2.56. The van der Waals surface area contributed by atoms with E-state index < -0.39 is 0 Å². The van der Waals surface area contributed by atoms with Gasteiger partial charge in [0, 0.05) is 41.5 Å². The zero-order chi connectivity index (χ0) is 23.8. The van der Waals surface area contributed by atoms with Crippen molar-refractivity contribution in [3.63, 3.8) is 0 Å². The van der Waals surface area contributed by atoms with Crippen LogP contribution in [0.5, 0.6) is 11.5 Å². The maximum absolute atomic E-state index is 6.76. The second kappa shape index (κ2) is 9.69. The quantitative estimate of drug-likeness (QED) is 0.359. The molecule has 2 aliphatic heterocycles. The Kier molecular flexibility index (Phi) is 6.43. The second-order valence-electron chi connectivity index (χ2n) is 10.3. The second-order valence-corrected chi connectivity index (χ2v) is 11.6. The Labute approximate surface area is 212 Å². The first-order valence-corrected chi connectivity index (χ1v) is 14.2. The van der Waals surface area contributed by atoms with E-state index in [-0.39, 0.29) is 4.87 Å². The van der Waals surface area contributed by atoms with Gasteiger partial charge < -0.3 is 15.0 Å². The number of benzene rings is 2. The zero-order valence-corrected chi connectivity index (χ0v) is 21.4. The van der Waals surface area contributed by atoms with Crippen LogP contribution in [-0.4, -0.2) is 52.4 Å². The number of fused-ring (bicyclic) bond motifs is 1. The number of nitrogens with zero attached hydrogens (tertiary/aromatic N) is 2. The molecule has 3 fully saturated rings. The van der Waals surface area contributed by atoms with E-state index in [2.05, 4.69) is 45.3 Å². The van der Waals surface area contributed by atoms with E-state index >= 15 is 0 Å². The normalized spacial score (nSPS) is 25.0. The van der Waals surface area contributed by atoms with Crippen LogP contribution in [0.4, 0.5) is 5.69 Å². The molecule has 35 heavy (non-hydrogen) atoms. The van der Waals surface area contributed by atoms with Crippen molar-refractivity contribution in [2.75, 3.05) is 30.7 Å². The van der Waals surface area contributed by atoms with E-state index in [0.29, 0.717) is 12.1 Å². The number of H-pyrrole nitrogens is 1. The monoisotopic (exact) mass is 491 g/mol. The first-order chi connectivity index (χ1) is 17.1. The maximum atomic E-state index is 6.76. The summed E-state index contributed by atoms with van der Waals surface area (Å²) in [4.78, 5) is 6.19. The van der Waals surface area contributed by atoms with Gasteiger partial charge in [0.25, 0.3) is 0 Å². The van der Waals surface area contributed by atoms with Gasteiger partial charge in [-0.05, 0) is 70.0 Å². The van der Waals surface area contributed by atoms with Gasteiger partial charge in [0.05, 0.1) is 11.2 Å². The van der Waals surface area contributed by atoms with Gasteiger partial charge in [0.15, 0.2) is 0 Å². The third kappa shape index (κ3) is 4.33. The van der Waals surface area contributed by atoms with Crippen LogP contribution in [0.1, 0.15) is 51.1 Å². The number of aromatic amines is 1. The highest BCUT2D eigenvalue weighted by Crippen LogP contribution is 2.49. The number of anilines is 1. The highest BCUT2D eigenvalue weighted by Gasteiger charge is 2.50. The Morgan fingerprint density at radius 2 is 1.80 bits per heavy atom. The number of nitrogens with one attached hydrogen (secondary N) is 2. The Hall–Kier alpha value is -2.19. The number of likely N-dealkylation sites (tertiary alicyclic amines) is 1. The topological polar surface area (TPSA) is 69.5 Å². The minimum Gasteiger partial charge on any atom is -0.457 e. The molecule has 3 aliphatic rings. The molecule has 2 saturated heterocycles. The number of rotatable bonds is 7. The third-order valence-electron chi connectivity index (χ3n) is 8.12. The summed E-state index contributed by atoms with van der Waals surface area (Å²) in [6.45, 7) is 5.56. The lowest BCUT2D eigenvalue weighted by atomic mass is 10.0. The molecule has 6 rings (SSSR count). The average Bonchev–Trinajstić information content (AvgIpc) is 3.66. The molecular weight excluding hydrogens is 454 g/mol. The molecule has 1 aliphatic carbocycles. The van der Waals surface area contributed by atoms with Gasteiger partial charge in [0.2, 0.25) is 0 Å². The number of ether oxygens (including phenoxy) is 1. The molecular formula is C28H37N5OS. The van der Waals surface area contributed by atoms with E-state index in [9.17, 15) is 0 Å². The van der Waals surface area contributed by atoms with Crippen LogP contribution in [0, 0.1) is 0 Å². The highest BCUT2D eigenvalue weighted by atomic mass is 32.2. The summed E-state index contributed by atoms with van der Waals surface area (Å²) in [7, 11) is 0. The van der Waals surface area contributed by atoms with Crippen LogP contribution in [-0.2, 0) is 4.87 Å². The average molecular weight is 492 g/mol. The molecule has 0 spiro atoms. The van der Waals surface area contributed by atoms with Crippen LogP contribution >= 0.6 is 11.8 Å². The molecule has 0 bridgehead atoms. The SMILES string of the molecule is C[C@H](N1CCCC1)[C@]1(c2cc3cc(Oc4ccccc4)cc(NC4CCCC4)c3[nH]2)SCCN1N. The van der Waals surface area contributed by atoms with Gasteiger partial charge in [-0.15, -0.1) is 11.8 Å². The molecule has 1 aromatic heterocycles. The highest BCUT2D eigenvalue weighted by molar-refractivity contribution is 8.00. The minimum absolute atomic E-state index is 0.283. The van der Waals surface area contributed by atoms with Crippen LogP contribution in [0.25, 0.3) is 10.9 Å². The summed E-state index contributed by atoms with van der Waals surface area (Å²) in [5.74, 6) is 9.52. The van der Waals surface area contributed by atoms with Crippen molar-refractivity contribution in [1.29, 1.82) is 0 Å². The van der Waals surface area contributed by atoms with E-state index in [4.69, 9.17) is 10.6 Å². The van der Waals surface area contributed by atoms with Crippen LogP contribution < -0.4 is 15.9 Å². The maximum Gasteiger partial charge on any atom is 0.135 e. The van der Waals surface area contributed by atoms with E-state index in [1.165, 1.54) is 49.6 Å². The molecule has 2 aromatic carbocycles. The van der Waals surface area contributed by atoms with E-state index in [0.717, 1.165) is 48.1 Å². The summed E-state index contributed by atoms with van der Waals surface area (Å²) >= 11 is 1.98. The number of nitrogens with two attached hydrogens (primary N) is 1. The molecule has 186 valence electrons. The van der Waals surface area contributed by atoms with Gasteiger partial charge in [-0.1, -0.05) is 31.0 Å². The largest absolute Gasteiger partial charge is 0.457 e. The summed E-state index contributed by atoms with van der Waals surface area (Å²) in [5, 5.41) is 7.10. The summed E-state index contributed by atoms with van der Waals surface area (Å²) < 4.78 is 6.30. The van der Waals surface area contributed by atoms with Crippen molar-refractivity contribution in [3.05, 3.63) is 54.2 Å². The van der Waals surface area contributed by atoms with Crippen molar-refractivity contribution in [3.8, 4) is 11.5 Å². The van der Waals surface area contributed by atoms with Crippen molar-refractivity contribution in [1.82, 2.24) is 14.9 Å². The van der Waals surface area contributed by atoms with Crippen molar-refractivity contribution >= 4 is 28.4 Å². The Morgan fingerprint density at radius 1 is 1.03 bits per heavy atom. The lowest BCUT2D eigenvalue weighted by molar-refractivity contribution is 0.0872. The fraction of sp³-hybridized carbons (Fsp3) is 0.500. The number of hydrogen-bond acceptors (Lipinski definition) is 6. The van der Waals surface area contributed by atoms with Gasteiger partial charge in [-0.2, -0.15) is 0 Å². The first-order valence-electron chi connectivity index (χ1n) is 13.2. The molecule has 3 heterocycles. The predicted octanol–water partition coefficient (Wildman–Crippen LogP) is 5.87. The van der Waals surface area contributed by atoms with E-state index in [1.807, 2.05) is 42.1 Å². The number of hydrazine groups is 1. The molecule has 0 unspecified atom stereocenters. The number of aromatic nitrogens is 1. The Balaban J connectivity index is 1.43.